The number of ether oxygens (including phenoxy) is 1. The third-order valence-electron chi connectivity index (χ3n) is 3.43. The van der Waals surface area contributed by atoms with Crippen LogP contribution in [0.3, 0.4) is 0 Å². The van der Waals surface area contributed by atoms with Gasteiger partial charge in [0.2, 0.25) is 0 Å². The molecule has 2 rings (SSSR count). The summed E-state index contributed by atoms with van der Waals surface area (Å²) in [4.78, 5) is 11.0. The number of hydrogen-bond acceptors (Lipinski definition) is 5. The zero-order chi connectivity index (χ0) is 13.7. The monoisotopic (exact) mass is 264 g/mol. The van der Waals surface area contributed by atoms with Crippen LogP contribution in [0.4, 0.5) is 0 Å². The van der Waals surface area contributed by atoms with E-state index in [0.717, 1.165) is 18.7 Å². The molecule has 19 heavy (non-hydrogen) atoms. The Balaban J connectivity index is 2.05. The summed E-state index contributed by atoms with van der Waals surface area (Å²) >= 11 is 0. The lowest BCUT2D eigenvalue weighted by Gasteiger charge is -2.33. The summed E-state index contributed by atoms with van der Waals surface area (Å²) in [5, 5.41) is 0. The summed E-state index contributed by atoms with van der Waals surface area (Å²) in [6.45, 7) is 6.77. The summed E-state index contributed by atoms with van der Waals surface area (Å²) in [6.07, 6.45) is 7.62. The standard InChI is InChI=1S/C14H24N4O/c1-11(2)19-14-16-9-12(10-17-14)13(8-15)18-6-4-3-5-7-18/h9-11,13H,3-8,15H2,1-2H3/t13-/m1/s1. The smallest absolute Gasteiger partial charge is 0.316 e. The molecule has 0 aromatic carbocycles. The van der Waals surface area contributed by atoms with Gasteiger partial charge in [0, 0.05) is 24.5 Å². The van der Waals surface area contributed by atoms with E-state index >= 15 is 0 Å². The van der Waals surface area contributed by atoms with Gasteiger partial charge >= 0.3 is 6.01 Å². The molecule has 0 bridgehead atoms. The lowest BCUT2D eigenvalue weighted by Crippen LogP contribution is -2.37. The van der Waals surface area contributed by atoms with E-state index in [-0.39, 0.29) is 12.1 Å². The van der Waals surface area contributed by atoms with Gasteiger partial charge < -0.3 is 10.5 Å². The third-order valence-corrected chi connectivity index (χ3v) is 3.43. The fourth-order valence-corrected chi connectivity index (χ4v) is 2.50. The molecule has 106 valence electrons. The maximum absolute atomic E-state index is 5.93. The molecule has 0 aliphatic carbocycles. The molecule has 2 N–H and O–H groups in total. The lowest BCUT2D eigenvalue weighted by molar-refractivity contribution is 0.166. The van der Waals surface area contributed by atoms with Crippen LogP contribution in [0.2, 0.25) is 0 Å². The highest BCUT2D eigenvalue weighted by Gasteiger charge is 2.21. The number of hydrogen-bond donors (Lipinski definition) is 1. The van der Waals surface area contributed by atoms with E-state index in [9.17, 15) is 0 Å². The topological polar surface area (TPSA) is 64.3 Å². The lowest BCUT2D eigenvalue weighted by atomic mass is 10.0. The zero-order valence-electron chi connectivity index (χ0n) is 11.9. The molecular formula is C14H24N4O. The van der Waals surface area contributed by atoms with Gasteiger partial charge in [0.1, 0.15) is 0 Å². The minimum Gasteiger partial charge on any atom is -0.461 e. The Morgan fingerprint density at radius 1 is 1.21 bits per heavy atom. The molecule has 1 atom stereocenters. The van der Waals surface area contributed by atoms with Crippen molar-refractivity contribution in [2.75, 3.05) is 19.6 Å². The Bertz CT molecular complexity index is 374. The Morgan fingerprint density at radius 2 is 1.84 bits per heavy atom. The molecule has 0 radical (unpaired) electrons. The maximum atomic E-state index is 5.93. The summed E-state index contributed by atoms with van der Waals surface area (Å²) in [6, 6.07) is 0.668. The molecule has 1 saturated heterocycles. The molecule has 5 heteroatoms. The Labute approximate surface area is 115 Å². The van der Waals surface area contributed by atoms with Crippen molar-refractivity contribution in [2.45, 2.75) is 45.3 Å². The van der Waals surface area contributed by atoms with E-state index in [4.69, 9.17) is 10.5 Å². The molecule has 0 saturated carbocycles. The molecule has 0 unspecified atom stereocenters. The van der Waals surface area contributed by atoms with E-state index in [0.29, 0.717) is 12.6 Å². The number of nitrogens with zero attached hydrogens (tertiary/aromatic N) is 3. The van der Waals surface area contributed by atoms with Gasteiger partial charge in [-0.1, -0.05) is 6.42 Å². The van der Waals surface area contributed by atoms with Crippen molar-refractivity contribution < 1.29 is 4.74 Å². The van der Waals surface area contributed by atoms with Crippen molar-refractivity contribution >= 4 is 0 Å². The molecule has 0 spiro atoms. The minimum atomic E-state index is 0.0956. The van der Waals surface area contributed by atoms with Crippen LogP contribution in [0.15, 0.2) is 12.4 Å². The third kappa shape index (κ3) is 3.88. The van der Waals surface area contributed by atoms with Crippen LogP contribution in [0.1, 0.15) is 44.7 Å². The SMILES string of the molecule is CC(C)Oc1ncc([C@@H](CN)N2CCCCC2)cn1. The van der Waals surface area contributed by atoms with E-state index in [1.54, 1.807) is 0 Å². The summed E-state index contributed by atoms with van der Waals surface area (Å²) < 4.78 is 5.46. The number of nitrogens with two attached hydrogens (primary N) is 1. The fraction of sp³-hybridized carbons (Fsp3) is 0.714. The van der Waals surface area contributed by atoms with Crippen molar-refractivity contribution in [1.29, 1.82) is 0 Å². The molecule has 1 aliphatic rings. The van der Waals surface area contributed by atoms with E-state index in [1.807, 2.05) is 26.2 Å². The maximum Gasteiger partial charge on any atom is 0.316 e. The van der Waals surface area contributed by atoms with Gasteiger partial charge in [-0.2, -0.15) is 0 Å². The predicted molar refractivity (Wildman–Crippen MR) is 75.0 cm³/mol. The highest BCUT2D eigenvalue weighted by atomic mass is 16.5. The number of rotatable bonds is 5. The van der Waals surface area contributed by atoms with Gasteiger partial charge in [0.25, 0.3) is 0 Å². The van der Waals surface area contributed by atoms with Crippen LogP contribution in [-0.2, 0) is 0 Å². The van der Waals surface area contributed by atoms with Gasteiger partial charge in [0.15, 0.2) is 0 Å². The van der Waals surface area contributed by atoms with Gasteiger partial charge in [-0.05, 0) is 39.8 Å². The van der Waals surface area contributed by atoms with Crippen LogP contribution in [0, 0.1) is 0 Å². The van der Waals surface area contributed by atoms with Gasteiger partial charge in [0.05, 0.1) is 12.1 Å². The van der Waals surface area contributed by atoms with Crippen molar-refractivity contribution in [1.82, 2.24) is 14.9 Å². The van der Waals surface area contributed by atoms with Gasteiger partial charge in [-0.15, -0.1) is 0 Å². The van der Waals surface area contributed by atoms with Gasteiger partial charge in [-0.3, -0.25) is 4.90 Å². The molecule has 1 aromatic heterocycles. The number of piperidine rings is 1. The predicted octanol–water partition coefficient (Wildman–Crippen LogP) is 1.75. The number of aromatic nitrogens is 2. The molecule has 1 fully saturated rings. The quantitative estimate of drug-likeness (QED) is 0.877. The van der Waals surface area contributed by atoms with Crippen molar-refractivity contribution in [3.8, 4) is 6.01 Å². The van der Waals surface area contributed by atoms with E-state index in [2.05, 4.69) is 14.9 Å². The molecule has 1 aliphatic heterocycles. The van der Waals surface area contributed by atoms with Crippen molar-refractivity contribution in [3.63, 3.8) is 0 Å². The van der Waals surface area contributed by atoms with Crippen LogP contribution in [-0.4, -0.2) is 40.6 Å². The summed E-state index contributed by atoms with van der Waals surface area (Å²) in [5.74, 6) is 0. The first kappa shape index (κ1) is 14.2. The zero-order valence-corrected chi connectivity index (χ0v) is 11.9. The Kier molecular flexibility index (Phi) is 5.10. The molecular weight excluding hydrogens is 240 g/mol. The van der Waals surface area contributed by atoms with Crippen LogP contribution in [0.25, 0.3) is 0 Å². The highest BCUT2D eigenvalue weighted by Crippen LogP contribution is 2.23. The molecule has 0 amide bonds. The van der Waals surface area contributed by atoms with Crippen LogP contribution < -0.4 is 10.5 Å². The van der Waals surface area contributed by atoms with Crippen LogP contribution >= 0.6 is 0 Å². The van der Waals surface area contributed by atoms with Crippen molar-refractivity contribution in [2.24, 2.45) is 5.73 Å². The Morgan fingerprint density at radius 3 is 2.37 bits per heavy atom. The second kappa shape index (κ2) is 6.82. The average molecular weight is 264 g/mol. The Hall–Kier alpha value is -1.20. The first-order chi connectivity index (χ1) is 9.20. The van der Waals surface area contributed by atoms with E-state index in [1.165, 1.54) is 19.3 Å². The second-order valence-corrected chi connectivity index (χ2v) is 5.31. The summed E-state index contributed by atoms with van der Waals surface area (Å²) in [5.41, 5.74) is 7.01. The first-order valence-electron chi connectivity index (χ1n) is 7.13. The minimum absolute atomic E-state index is 0.0956. The van der Waals surface area contributed by atoms with Crippen molar-refractivity contribution in [3.05, 3.63) is 18.0 Å². The normalized spacial score (nSPS) is 18.5. The molecule has 2 heterocycles. The molecule has 1 aromatic rings. The summed E-state index contributed by atoms with van der Waals surface area (Å²) in [7, 11) is 0. The second-order valence-electron chi connectivity index (χ2n) is 5.31. The number of likely N-dealkylation sites (tertiary alicyclic amines) is 1. The van der Waals surface area contributed by atoms with Crippen LogP contribution in [0.5, 0.6) is 6.01 Å². The first-order valence-corrected chi connectivity index (χ1v) is 7.13. The fourth-order valence-electron chi connectivity index (χ4n) is 2.50. The highest BCUT2D eigenvalue weighted by molar-refractivity contribution is 5.13. The van der Waals surface area contributed by atoms with Gasteiger partial charge in [-0.25, -0.2) is 9.97 Å². The largest absolute Gasteiger partial charge is 0.461 e. The average Bonchev–Trinajstić information content (AvgIpc) is 2.42. The molecule has 5 nitrogen and oxygen atoms in total. The van der Waals surface area contributed by atoms with E-state index < -0.39 is 0 Å².